The molecule has 1 unspecified atom stereocenters. The van der Waals surface area contributed by atoms with Gasteiger partial charge in [-0.05, 0) is 42.7 Å². The van der Waals surface area contributed by atoms with Crippen LogP contribution in [0.15, 0.2) is 29.2 Å². The first kappa shape index (κ1) is 13.5. The fraction of sp³-hybridized carbons (Fsp3) is 0.625. The number of methoxy groups -OCH3 is 1. The summed E-state index contributed by atoms with van der Waals surface area (Å²) in [5.74, 6) is 0. The lowest BCUT2D eigenvalue weighted by molar-refractivity contribution is 0.171. The number of thioether (sulfide) groups is 1. The molecule has 0 amide bonds. The first-order valence-corrected chi connectivity index (χ1v) is 8.14. The molecule has 0 radical (unpaired) electrons. The van der Waals surface area contributed by atoms with Crippen molar-refractivity contribution in [1.29, 1.82) is 0 Å². The molecule has 1 N–H and O–H groups in total. The highest BCUT2D eigenvalue weighted by Gasteiger charge is 2.41. The van der Waals surface area contributed by atoms with Gasteiger partial charge < -0.3 is 10.1 Å². The highest BCUT2D eigenvalue weighted by atomic mass is 32.2. The van der Waals surface area contributed by atoms with E-state index in [1.54, 1.807) is 7.11 Å². The Hall–Kier alpha value is -0.510. The number of ether oxygens (including phenoxy) is 1. The van der Waals surface area contributed by atoms with Crippen molar-refractivity contribution < 1.29 is 4.74 Å². The van der Waals surface area contributed by atoms with E-state index in [0.717, 1.165) is 18.4 Å². The summed E-state index contributed by atoms with van der Waals surface area (Å²) < 4.78 is 5.21. The Morgan fingerprint density at radius 3 is 2.95 bits per heavy atom. The quantitative estimate of drug-likeness (QED) is 0.827. The molecule has 1 saturated carbocycles. The fourth-order valence-corrected chi connectivity index (χ4v) is 4.16. The molecule has 0 bridgehead atoms. The Balaban J connectivity index is 1.40. The Morgan fingerprint density at radius 2 is 2.21 bits per heavy atom. The summed E-state index contributed by atoms with van der Waals surface area (Å²) in [7, 11) is 1.80. The van der Waals surface area contributed by atoms with Crippen molar-refractivity contribution in [2.24, 2.45) is 5.41 Å². The van der Waals surface area contributed by atoms with E-state index < -0.39 is 0 Å². The van der Waals surface area contributed by atoms with Gasteiger partial charge in [0.2, 0.25) is 0 Å². The van der Waals surface area contributed by atoms with Crippen LogP contribution in [0.3, 0.4) is 0 Å². The van der Waals surface area contributed by atoms with E-state index in [1.165, 1.54) is 42.7 Å². The summed E-state index contributed by atoms with van der Waals surface area (Å²) in [4.78, 5) is 1.48. The monoisotopic (exact) mass is 277 g/mol. The smallest absolute Gasteiger partial charge is 0.0468 e. The third kappa shape index (κ3) is 3.33. The molecule has 2 nitrogen and oxygen atoms in total. The van der Waals surface area contributed by atoms with Gasteiger partial charge in [0.15, 0.2) is 0 Å². The third-order valence-electron chi connectivity index (χ3n) is 4.38. The topological polar surface area (TPSA) is 21.3 Å². The van der Waals surface area contributed by atoms with Gasteiger partial charge >= 0.3 is 0 Å². The summed E-state index contributed by atoms with van der Waals surface area (Å²) >= 11 is 2.04. The van der Waals surface area contributed by atoms with Crippen LogP contribution in [0.2, 0.25) is 0 Å². The summed E-state index contributed by atoms with van der Waals surface area (Å²) in [6, 6.07) is 8.81. The number of fused-ring (bicyclic) bond motifs is 1. The molecule has 0 aromatic heterocycles. The maximum absolute atomic E-state index is 5.21. The molecule has 104 valence electrons. The zero-order valence-electron chi connectivity index (χ0n) is 11.7. The minimum Gasteiger partial charge on any atom is -0.385 e. The molecular formula is C16H23NOS. The Kier molecular flexibility index (Phi) is 4.15. The van der Waals surface area contributed by atoms with E-state index in [-0.39, 0.29) is 0 Å². The SMILES string of the molecule is COCCC1(CNCC2Cc3ccccc3S2)CC1. The summed E-state index contributed by atoms with van der Waals surface area (Å²) in [6.07, 6.45) is 5.19. The maximum Gasteiger partial charge on any atom is 0.0468 e. The molecule has 1 heterocycles. The van der Waals surface area contributed by atoms with Crippen molar-refractivity contribution >= 4 is 11.8 Å². The first-order valence-electron chi connectivity index (χ1n) is 7.26. The minimum atomic E-state index is 0.562. The van der Waals surface area contributed by atoms with Gasteiger partial charge in [0.25, 0.3) is 0 Å². The molecule has 1 aromatic rings. The van der Waals surface area contributed by atoms with Crippen molar-refractivity contribution in [1.82, 2.24) is 5.32 Å². The van der Waals surface area contributed by atoms with Crippen LogP contribution in [0.4, 0.5) is 0 Å². The molecule has 0 saturated heterocycles. The predicted octanol–water partition coefficient (Wildman–Crippen LogP) is 3.11. The lowest BCUT2D eigenvalue weighted by Crippen LogP contribution is -2.30. The van der Waals surface area contributed by atoms with Gasteiger partial charge in [-0.15, -0.1) is 11.8 Å². The summed E-state index contributed by atoms with van der Waals surface area (Å²) in [6.45, 7) is 3.21. The first-order chi connectivity index (χ1) is 9.31. The third-order valence-corrected chi connectivity index (χ3v) is 5.70. The second-order valence-corrected chi connectivity index (χ2v) is 7.27. The fourth-order valence-electron chi connectivity index (χ4n) is 2.88. The second kappa shape index (κ2) is 5.86. The van der Waals surface area contributed by atoms with Crippen molar-refractivity contribution in [2.45, 2.75) is 35.8 Å². The van der Waals surface area contributed by atoms with Gasteiger partial charge in [-0.1, -0.05) is 18.2 Å². The zero-order chi connectivity index (χ0) is 13.1. The van der Waals surface area contributed by atoms with Crippen molar-refractivity contribution in [2.75, 3.05) is 26.8 Å². The van der Waals surface area contributed by atoms with Crippen LogP contribution < -0.4 is 5.32 Å². The van der Waals surface area contributed by atoms with E-state index in [2.05, 4.69) is 29.6 Å². The van der Waals surface area contributed by atoms with Crippen LogP contribution in [0, 0.1) is 5.41 Å². The lowest BCUT2D eigenvalue weighted by atomic mass is 10.0. The van der Waals surface area contributed by atoms with Crippen LogP contribution in [0.1, 0.15) is 24.8 Å². The van der Waals surface area contributed by atoms with E-state index in [9.17, 15) is 0 Å². The molecule has 1 aliphatic carbocycles. The molecular weight excluding hydrogens is 254 g/mol. The van der Waals surface area contributed by atoms with Gasteiger partial charge in [0, 0.05) is 37.0 Å². The van der Waals surface area contributed by atoms with Gasteiger partial charge in [-0.2, -0.15) is 0 Å². The van der Waals surface area contributed by atoms with Crippen LogP contribution >= 0.6 is 11.8 Å². The number of rotatable bonds is 7. The van der Waals surface area contributed by atoms with Gasteiger partial charge in [-0.3, -0.25) is 0 Å². The van der Waals surface area contributed by atoms with Crippen LogP contribution in [-0.4, -0.2) is 32.1 Å². The van der Waals surface area contributed by atoms with Crippen molar-refractivity contribution in [3.05, 3.63) is 29.8 Å². The average Bonchev–Trinajstić information content (AvgIpc) is 3.07. The number of nitrogens with one attached hydrogen (secondary N) is 1. The zero-order valence-corrected chi connectivity index (χ0v) is 12.5. The molecule has 3 heteroatoms. The largest absolute Gasteiger partial charge is 0.385 e. The van der Waals surface area contributed by atoms with Gasteiger partial charge in [-0.25, -0.2) is 0 Å². The van der Waals surface area contributed by atoms with Gasteiger partial charge in [0.1, 0.15) is 0 Å². The second-order valence-electron chi connectivity index (χ2n) is 5.93. The number of hydrogen-bond donors (Lipinski definition) is 1. The number of hydrogen-bond acceptors (Lipinski definition) is 3. The molecule has 2 aliphatic rings. The molecule has 3 rings (SSSR count). The highest BCUT2D eigenvalue weighted by molar-refractivity contribution is 8.00. The minimum absolute atomic E-state index is 0.562. The predicted molar refractivity (Wildman–Crippen MR) is 80.8 cm³/mol. The van der Waals surface area contributed by atoms with E-state index >= 15 is 0 Å². The van der Waals surface area contributed by atoms with Crippen LogP contribution in [0.25, 0.3) is 0 Å². The Labute approximate surface area is 120 Å². The maximum atomic E-state index is 5.21. The van der Waals surface area contributed by atoms with Gasteiger partial charge in [0.05, 0.1) is 0 Å². The lowest BCUT2D eigenvalue weighted by Gasteiger charge is -2.17. The van der Waals surface area contributed by atoms with Crippen LogP contribution in [0.5, 0.6) is 0 Å². The highest BCUT2D eigenvalue weighted by Crippen LogP contribution is 2.48. The molecule has 1 atom stereocenters. The standard InChI is InChI=1S/C16H23NOS/c1-18-9-8-16(6-7-16)12-17-11-14-10-13-4-2-3-5-15(13)19-14/h2-5,14,17H,6-12H2,1H3. The summed E-state index contributed by atoms with van der Waals surface area (Å²) in [5, 5.41) is 4.42. The molecule has 1 aromatic carbocycles. The van der Waals surface area contributed by atoms with Crippen molar-refractivity contribution in [3.8, 4) is 0 Å². The van der Waals surface area contributed by atoms with E-state index in [4.69, 9.17) is 4.74 Å². The Bertz CT molecular complexity index is 406. The molecule has 0 spiro atoms. The number of benzene rings is 1. The van der Waals surface area contributed by atoms with E-state index in [0.29, 0.717) is 5.41 Å². The van der Waals surface area contributed by atoms with Crippen molar-refractivity contribution in [3.63, 3.8) is 0 Å². The summed E-state index contributed by atoms with van der Waals surface area (Å²) in [5.41, 5.74) is 2.09. The average molecular weight is 277 g/mol. The van der Waals surface area contributed by atoms with Crippen LogP contribution in [-0.2, 0) is 11.2 Å². The van der Waals surface area contributed by atoms with E-state index in [1.807, 2.05) is 11.8 Å². The molecule has 19 heavy (non-hydrogen) atoms. The molecule has 1 fully saturated rings. The normalized spacial score (nSPS) is 23.3. The molecule has 1 aliphatic heterocycles. The Morgan fingerprint density at radius 1 is 1.37 bits per heavy atom.